The van der Waals surface area contributed by atoms with Gasteiger partial charge in [0, 0.05) is 0 Å². The number of nitrogens with zero attached hydrogens (tertiary/aromatic N) is 3. The molecule has 1 aromatic heterocycles. The lowest BCUT2D eigenvalue weighted by molar-refractivity contribution is 0.277. The number of hydrogen-bond donors (Lipinski definition) is 1. The van der Waals surface area contributed by atoms with Crippen LogP contribution < -0.4 is 25.2 Å². The first-order valence-corrected chi connectivity index (χ1v) is 10.6. The van der Waals surface area contributed by atoms with Gasteiger partial charge in [-0.3, -0.25) is 10.2 Å². The van der Waals surface area contributed by atoms with Crippen molar-refractivity contribution in [3.63, 3.8) is 0 Å². The molecule has 0 bridgehead atoms. The number of methoxy groups -OCH3 is 1. The van der Waals surface area contributed by atoms with Crippen molar-refractivity contribution in [1.29, 1.82) is 0 Å². The zero-order valence-electron chi connectivity index (χ0n) is 18.2. The maximum atomic E-state index is 12.6. The maximum absolute atomic E-state index is 12.6. The van der Waals surface area contributed by atoms with Crippen LogP contribution in [-0.4, -0.2) is 36.3 Å². The fourth-order valence-electron chi connectivity index (χ4n) is 2.80. The smallest absolute Gasteiger partial charge is 0.292 e. The number of halogens is 1. The average molecular weight is 457 g/mol. The lowest BCUT2D eigenvalue weighted by atomic mass is 10.2. The Morgan fingerprint density at radius 1 is 1.12 bits per heavy atom. The summed E-state index contributed by atoms with van der Waals surface area (Å²) in [7, 11) is 1.57. The summed E-state index contributed by atoms with van der Waals surface area (Å²) in [6.45, 7) is 5.09. The zero-order chi connectivity index (χ0) is 22.9. The van der Waals surface area contributed by atoms with Crippen molar-refractivity contribution in [1.82, 2.24) is 9.78 Å². The van der Waals surface area contributed by atoms with Crippen LogP contribution in [-0.2, 0) is 0 Å². The van der Waals surface area contributed by atoms with Crippen molar-refractivity contribution in [3.8, 4) is 22.9 Å². The summed E-state index contributed by atoms with van der Waals surface area (Å²) in [5.41, 5.74) is 3.96. The van der Waals surface area contributed by atoms with Gasteiger partial charge in [0.15, 0.2) is 11.5 Å². The van der Waals surface area contributed by atoms with E-state index in [-0.39, 0.29) is 5.02 Å². The lowest BCUT2D eigenvalue weighted by Gasteiger charge is -2.12. The average Bonchev–Trinajstić information content (AvgIpc) is 2.82. The second-order valence-corrected chi connectivity index (χ2v) is 7.02. The second kappa shape index (κ2) is 11.2. The summed E-state index contributed by atoms with van der Waals surface area (Å²) in [6.07, 6.45) is 3.95. The largest absolute Gasteiger partial charge is 0.497 e. The predicted molar refractivity (Wildman–Crippen MR) is 126 cm³/mol. The van der Waals surface area contributed by atoms with E-state index < -0.39 is 5.56 Å². The minimum absolute atomic E-state index is 0.0220. The molecule has 0 atom stereocenters. The topological polar surface area (TPSA) is 87.0 Å². The Hall–Kier alpha value is -3.52. The Balaban J connectivity index is 1.75. The number of nitrogens with one attached hydrogen (secondary N) is 1. The molecule has 1 heterocycles. The molecule has 9 heteroatoms. The first-order valence-electron chi connectivity index (χ1n) is 10.2. The number of rotatable bonds is 10. The van der Waals surface area contributed by atoms with Crippen LogP contribution in [0.4, 0.5) is 5.69 Å². The number of anilines is 1. The molecule has 3 rings (SSSR count). The van der Waals surface area contributed by atoms with Gasteiger partial charge in [-0.15, -0.1) is 0 Å². The van der Waals surface area contributed by atoms with Gasteiger partial charge in [0.25, 0.3) is 5.56 Å². The number of aromatic nitrogens is 2. The molecular weight excluding hydrogens is 432 g/mol. The van der Waals surface area contributed by atoms with Gasteiger partial charge in [-0.25, -0.2) is 0 Å². The number of hydrogen-bond acceptors (Lipinski definition) is 7. The van der Waals surface area contributed by atoms with Crippen LogP contribution >= 0.6 is 11.6 Å². The molecule has 0 unspecified atom stereocenters. The summed E-state index contributed by atoms with van der Waals surface area (Å²) in [4.78, 5) is 12.6. The van der Waals surface area contributed by atoms with Crippen molar-refractivity contribution >= 4 is 23.5 Å². The predicted octanol–water partition coefficient (Wildman–Crippen LogP) is 4.53. The van der Waals surface area contributed by atoms with Gasteiger partial charge < -0.3 is 14.2 Å². The minimum atomic E-state index is -0.465. The molecule has 32 heavy (non-hydrogen) atoms. The van der Waals surface area contributed by atoms with E-state index in [0.717, 1.165) is 12.0 Å². The first kappa shape index (κ1) is 23.1. The van der Waals surface area contributed by atoms with Crippen LogP contribution in [0.25, 0.3) is 5.69 Å². The normalized spacial score (nSPS) is 10.9. The molecule has 3 aromatic rings. The van der Waals surface area contributed by atoms with Crippen molar-refractivity contribution in [2.24, 2.45) is 5.10 Å². The second-order valence-electron chi connectivity index (χ2n) is 6.64. The monoisotopic (exact) mass is 456 g/mol. The highest BCUT2D eigenvalue weighted by Gasteiger charge is 2.11. The summed E-state index contributed by atoms with van der Waals surface area (Å²) in [5, 5.41) is 8.32. The van der Waals surface area contributed by atoms with E-state index in [2.05, 4.69) is 15.6 Å². The molecule has 0 saturated carbocycles. The molecule has 0 amide bonds. The molecule has 0 aliphatic carbocycles. The van der Waals surface area contributed by atoms with Gasteiger partial charge in [0.1, 0.15) is 16.5 Å². The quantitative estimate of drug-likeness (QED) is 0.356. The van der Waals surface area contributed by atoms with Crippen molar-refractivity contribution in [2.45, 2.75) is 20.3 Å². The highest BCUT2D eigenvalue weighted by Crippen LogP contribution is 2.28. The molecule has 8 nitrogen and oxygen atoms in total. The number of benzene rings is 2. The Bertz CT molecular complexity index is 1130. The van der Waals surface area contributed by atoms with E-state index in [1.54, 1.807) is 37.6 Å². The van der Waals surface area contributed by atoms with Crippen LogP contribution in [0.3, 0.4) is 0 Å². The third-order valence-corrected chi connectivity index (χ3v) is 4.73. The van der Waals surface area contributed by atoms with Crippen LogP contribution in [0, 0.1) is 0 Å². The highest BCUT2D eigenvalue weighted by atomic mass is 35.5. The molecule has 2 aromatic carbocycles. The molecule has 0 spiro atoms. The Morgan fingerprint density at radius 2 is 1.91 bits per heavy atom. The van der Waals surface area contributed by atoms with Gasteiger partial charge in [-0.05, 0) is 61.4 Å². The van der Waals surface area contributed by atoms with Gasteiger partial charge in [-0.2, -0.15) is 14.9 Å². The van der Waals surface area contributed by atoms with Crippen molar-refractivity contribution in [2.75, 3.05) is 25.7 Å². The van der Waals surface area contributed by atoms with E-state index in [4.69, 9.17) is 25.8 Å². The summed E-state index contributed by atoms with van der Waals surface area (Å²) in [6, 6.07) is 12.5. The molecule has 0 aliphatic heterocycles. The van der Waals surface area contributed by atoms with E-state index >= 15 is 0 Å². The van der Waals surface area contributed by atoms with Crippen LogP contribution in [0.1, 0.15) is 25.8 Å². The molecule has 0 aliphatic rings. The van der Waals surface area contributed by atoms with Crippen molar-refractivity contribution in [3.05, 3.63) is 69.6 Å². The van der Waals surface area contributed by atoms with Gasteiger partial charge >= 0.3 is 0 Å². The van der Waals surface area contributed by atoms with Gasteiger partial charge in [0.05, 0.1) is 38.4 Å². The Kier molecular flexibility index (Phi) is 8.10. The SMILES string of the molecule is CCCOc1ccc(/C=N\Nc2cnn(-c3ccc(OC)cc3)c(=O)c2Cl)cc1OCC. The Morgan fingerprint density at radius 3 is 2.59 bits per heavy atom. The highest BCUT2D eigenvalue weighted by molar-refractivity contribution is 6.32. The van der Waals surface area contributed by atoms with Crippen molar-refractivity contribution < 1.29 is 14.2 Å². The fourth-order valence-corrected chi connectivity index (χ4v) is 2.97. The number of hydrazone groups is 1. The van der Waals surface area contributed by atoms with E-state index in [1.165, 1.54) is 10.9 Å². The molecule has 0 fully saturated rings. The first-order chi connectivity index (χ1) is 15.6. The van der Waals surface area contributed by atoms with Crippen LogP contribution in [0.5, 0.6) is 17.2 Å². The molecule has 0 saturated heterocycles. The van der Waals surface area contributed by atoms with E-state index in [9.17, 15) is 4.79 Å². The summed E-state index contributed by atoms with van der Waals surface area (Å²) >= 11 is 6.25. The number of ether oxygens (including phenoxy) is 3. The lowest BCUT2D eigenvalue weighted by Crippen LogP contribution is -2.22. The maximum Gasteiger partial charge on any atom is 0.292 e. The molecular formula is C23H25ClN4O4. The van der Waals surface area contributed by atoms with Crippen LogP contribution in [0.15, 0.2) is 58.6 Å². The van der Waals surface area contributed by atoms with Crippen LogP contribution in [0.2, 0.25) is 5.02 Å². The van der Waals surface area contributed by atoms with Gasteiger partial charge in [-0.1, -0.05) is 18.5 Å². The molecule has 168 valence electrons. The third-order valence-electron chi connectivity index (χ3n) is 4.36. The fraction of sp³-hybridized carbons (Fsp3) is 0.261. The molecule has 1 N–H and O–H groups in total. The molecule has 0 radical (unpaired) electrons. The zero-order valence-corrected chi connectivity index (χ0v) is 18.9. The summed E-state index contributed by atoms with van der Waals surface area (Å²) < 4.78 is 17.7. The van der Waals surface area contributed by atoms with Gasteiger partial charge in [0.2, 0.25) is 0 Å². The van der Waals surface area contributed by atoms with E-state index in [0.29, 0.717) is 41.8 Å². The third kappa shape index (κ3) is 5.59. The van der Waals surface area contributed by atoms with E-state index in [1.807, 2.05) is 32.0 Å². The minimum Gasteiger partial charge on any atom is -0.497 e. The summed E-state index contributed by atoms with van der Waals surface area (Å²) in [5.74, 6) is 2.01. The Labute approximate surface area is 191 Å². The standard InChI is InChI=1S/C23H25ClN4O4/c1-4-12-32-20-11-6-16(13-21(20)31-5-2)14-25-27-19-15-26-28(23(29)22(19)24)17-7-9-18(30-3)10-8-17/h6-11,13-15,27H,4-5,12H2,1-3H3/b25-14-.